The number of nitrogens with one attached hydrogen (secondary N) is 3. The van der Waals surface area contributed by atoms with E-state index < -0.39 is 23.8 Å². The van der Waals surface area contributed by atoms with Crippen LogP contribution in [0.1, 0.15) is 16.7 Å². The van der Waals surface area contributed by atoms with Gasteiger partial charge in [-0.2, -0.15) is 0 Å². The molecule has 4 unspecified atom stereocenters. The van der Waals surface area contributed by atoms with Crippen LogP contribution in [0.15, 0.2) is 48.5 Å². The number of aliphatic hydroxyl groups excluding tert-OH is 1. The van der Waals surface area contributed by atoms with Crippen LogP contribution in [0.2, 0.25) is 0 Å². The van der Waals surface area contributed by atoms with Gasteiger partial charge < -0.3 is 15.7 Å². The largest absolute Gasteiger partial charge is 0.391 e. The first-order valence-electron chi connectivity index (χ1n) is 9.85. The molecule has 2 aromatic carbocycles. The molecule has 0 aromatic heterocycles. The van der Waals surface area contributed by atoms with Gasteiger partial charge in [0.2, 0.25) is 11.8 Å². The fourth-order valence-corrected chi connectivity index (χ4v) is 4.10. The lowest BCUT2D eigenvalue weighted by Gasteiger charge is -2.38. The molecule has 0 saturated carbocycles. The lowest BCUT2D eigenvalue weighted by molar-refractivity contribution is -0.146. The minimum atomic E-state index is -1.14. The Labute approximate surface area is 170 Å². The van der Waals surface area contributed by atoms with Gasteiger partial charge in [-0.15, -0.1) is 0 Å². The SMILES string of the molecule is Cc1cccc(NC(=O)C2C(=O)NC3C(CNN3Cc3ccccc3)C2O)c1C. The molecular formula is C22H26N4O3. The maximum Gasteiger partial charge on any atom is 0.239 e. The van der Waals surface area contributed by atoms with Crippen LogP contribution in [0, 0.1) is 25.7 Å². The third-order valence-corrected chi connectivity index (χ3v) is 5.96. The summed E-state index contributed by atoms with van der Waals surface area (Å²) in [6.07, 6.45) is -1.42. The monoisotopic (exact) mass is 394 g/mol. The molecule has 2 aromatic rings. The molecule has 2 aliphatic rings. The van der Waals surface area contributed by atoms with Crippen molar-refractivity contribution >= 4 is 17.5 Å². The number of amides is 2. The van der Waals surface area contributed by atoms with E-state index in [9.17, 15) is 14.7 Å². The Morgan fingerprint density at radius 2 is 1.93 bits per heavy atom. The normalized spacial score (nSPS) is 26.7. The van der Waals surface area contributed by atoms with Crippen molar-refractivity contribution in [1.29, 1.82) is 0 Å². The van der Waals surface area contributed by atoms with Gasteiger partial charge in [0, 0.05) is 24.7 Å². The molecule has 2 aliphatic heterocycles. The molecule has 0 bridgehead atoms. The van der Waals surface area contributed by atoms with Gasteiger partial charge in [-0.25, -0.2) is 5.01 Å². The molecule has 2 fully saturated rings. The number of carbonyl (C=O) groups excluding carboxylic acids is 2. The number of anilines is 1. The van der Waals surface area contributed by atoms with Gasteiger partial charge in [0.25, 0.3) is 0 Å². The van der Waals surface area contributed by atoms with Gasteiger partial charge in [-0.1, -0.05) is 42.5 Å². The highest BCUT2D eigenvalue weighted by Gasteiger charge is 2.51. The predicted molar refractivity (Wildman–Crippen MR) is 109 cm³/mol. The molecule has 0 spiro atoms. The Morgan fingerprint density at radius 3 is 2.69 bits per heavy atom. The first kappa shape index (κ1) is 19.6. The number of hydrogen-bond acceptors (Lipinski definition) is 5. The van der Waals surface area contributed by atoms with Crippen molar-refractivity contribution in [3.63, 3.8) is 0 Å². The maximum absolute atomic E-state index is 12.8. The lowest BCUT2D eigenvalue weighted by Crippen LogP contribution is -2.62. The lowest BCUT2D eigenvalue weighted by atomic mass is 9.84. The second-order valence-electron chi connectivity index (χ2n) is 7.80. The molecular weight excluding hydrogens is 368 g/mol. The van der Waals surface area contributed by atoms with Crippen LogP contribution in [0.5, 0.6) is 0 Å². The second-order valence-corrected chi connectivity index (χ2v) is 7.80. The zero-order valence-corrected chi connectivity index (χ0v) is 16.6. The van der Waals surface area contributed by atoms with E-state index >= 15 is 0 Å². The Balaban J connectivity index is 1.47. The van der Waals surface area contributed by atoms with E-state index in [4.69, 9.17) is 0 Å². The topological polar surface area (TPSA) is 93.7 Å². The van der Waals surface area contributed by atoms with Gasteiger partial charge in [0.1, 0.15) is 12.1 Å². The summed E-state index contributed by atoms with van der Waals surface area (Å²) >= 11 is 0. The van der Waals surface area contributed by atoms with E-state index in [-0.39, 0.29) is 12.1 Å². The van der Waals surface area contributed by atoms with E-state index in [1.54, 1.807) is 6.07 Å². The van der Waals surface area contributed by atoms with Crippen LogP contribution in [0.3, 0.4) is 0 Å². The molecule has 2 amide bonds. The highest BCUT2D eigenvalue weighted by molar-refractivity contribution is 6.07. The van der Waals surface area contributed by atoms with E-state index in [1.165, 1.54) is 0 Å². The molecule has 152 valence electrons. The van der Waals surface area contributed by atoms with E-state index in [1.807, 2.05) is 61.3 Å². The van der Waals surface area contributed by atoms with Crippen molar-refractivity contribution in [2.75, 3.05) is 11.9 Å². The number of fused-ring (bicyclic) bond motifs is 1. The highest BCUT2D eigenvalue weighted by atomic mass is 16.3. The zero-order chi connectivity index (χ0) is 20.5. The van der Waals surface area contributed by atoms with Crippen molar-refractivity contribution in [3.8, 4) is 0 Å². The van der Waals surface area contributed by atoms with Crippen LogP contribution in [-0.2, 0) is 16.1 Å². The number of nitrogens with zero attached hydrogens (tertiary/aromatic N) is 1. The number of aliphatic hydroxyl groups is 1. The fraction of sp³-hybridized carbons (Fsp3) is 0.364. The average Bonchev–Trinajstić information content (AvgIpc) is 3.09. The highest BCUT2D eigenvalue weighted by Crippen LogP contribution is 2.30. The van der Waals surface area contributed by atoms with Gasteiger partial charge in [0.15, 0.2) is 0 Å². The average molecular weight is 394 g/mol. The number of carbonyl (C=O) groups is 2. The van der Waals surface area contributed by atoms with Gasteiger partial charge >= 0.3 is 0 Å². The van der Waals surface area contributed by atoms with Crippen molar-refractivity contribution in [2.24, 2.45) is 11.8 Å². The van der Waals surface area contributed by atoms with Crippen molar-refractivity contribution in [2.45, 2.75) is 32.7 Å². The summed E-state index contributed by atoms with van der Waals surface area (Å²) in [6.45, 7) is 4.96. The third kappa shape index (κ3) is 3.76. The maximum atomic E-state index is 12.8. The first-order valence-corrected chi connectivity index (χ1v) is 9.85. The standard InChI is InChI=1S/C22H26N4O3/c1-13-7-6-10-17(14(13)2)24-21(28)18-19(27)16-11-23-26(20(16)25-22(18)29)12-15-8-4-3-5-9-15/h3-10,16,18-20,23,27H,11-12H2,1-2H3,(H,24,28)(H,25,29). The zero-order valence-electron chi connectivity index (χ0n) is 16.6. The molecule has 7 heteroatoms. The number of hydrogen-bond donors (Lipinski definition) is 4. The van der Waals surface area contributed by atoms with Crippen LogP contribution < -0.4 is 16.1 Å². The van der Waals surface area contributed by atoms with Crippen molar-refractivity contribution in [3.05, 3.63) is 65.2 Å². The quantitative estimate of drug-likeness (QED) is 0.587. The predicted octanol–water partition coefficient (Wildman–Crippen LogP) is 1.31. The van der Waals surface area contributed by atoms with E-state index in [0.717, 1.165) is 16.7 Å². The van der Waals surface area contributed by atoms with Gasteiger partial charge in [-0.05, 0) is 36.6 Å². The molecule has 29 heavy (non-hydrogen) atoms. The number of hydrazine groups is 1. The summed E-state index contributed by atoms with van der Waals surface area (Å²) in [5.41, 5.74) is 7.00. The van der Waals surface area contributed by atoms with E-state index in [0.29, 0.717) is 18.8 Å². The van der Waals surface area contributed by atoms with E-state index in [2.05, 4.69) is 16.1 Å². The van der Waals surface area contributed by atoms with Crippen molar-refractivity contribution in [1.82, 2.24) is 15.8 Å². The number of benzene rings is 2. The summed E-state index contributed by atoms with van der Waals surface area (Å²) in [5.74, 6) is -2.35. The second kappa shape index (κ2) is 7.94. The molecule has 0 aliphatic carbocycles. The summed E-state index contributed by atoms with van der Waals surface area (Å²) in [4.78, 5) is 25.6. The van der Waals surface area contributed by atoms with Crippen LogP contribution in [-0.4, -0.2) is 40.7 Å². The molecule has 0 radical (unpaired) electrons. The number of rotatable bonds is 4. The molecule has 4 N–H and O–H groups in total. The molecule has 2 saturated heterocycles. The summed E-state index contributed by atoms with van der Waals surface area (Å²) in [7, 11) is 0. The minimum absolute atomic E-state index is 0.272. The Bertz CT molecular complexity index is 918. The Kier molecular flexibility index (Phi) is 5.36. The van der Waals surface area contributed by atoms with Crippen molar-refractivity contribution < 1.29 is 14.7 Å². The molecule has 7 nitrogen and oxygen atoms in total. The van der Waals surface area contributed by atoms with Gasteiger partial charge in [-0.3, -0.25) is 15.0 Å². The summed E-state index contributed by atoms with van der Waals surface area (Å²) in [5, 5.41) is 18.5. The number of aryl methyl sites for hydroxylation is 1. The smallest absolute Gasteiger partial charge is 0.239 e. The van der Waals surface area contributed by atoms with Gasteiger partial charge in [0.05, 0.1) is 6.10 Å². The van der Waals surface area contributed by atoms with Crippen LogP contribution in [0.25, 0.3) is 0 Å². The number of piperidine rings is 1. The third-order valence-electron chi connectivity index (χ3n) is 5.96. The summed E-state index contributed by atoms with van der Waals surface area (Å²) in [6, 6.07) is 15.5. The van der Waals surface area contributed by atoms with Crippen LogP contribution >= 0.6 is 0 Å². The fourth-order valence-electron chi connectivity index (χ4n) is 4.10. The molecule has 4 rings (SSSR count). The first-order chi connectivity index (χ1) is 14.0. The molecule has 4 atom stereocenters. The Morgan fingerprint density at radius 1 is 1.17 bits per heavy atom. The summed E-state index contributed by atoms with van der Waals surface area (Å²) < 4.78 is 0. The minimum Gasteiger partial charge on any atom is -0.391 e. The van der Waals surface area contributed by atoms with Crippen LogP contribution in [0.4, 0.5) is 5.69 Å². The Hall–Kier alpha value is -2.74. The molecule has 2 heterocycles.